The van der Waals surface area contributed by atoms with Crippen molar-refractivity contribution in [2.24, 2.45) is 23.7 Å². The molecule has 0 spiro atoms. The first-order valence-corrected chi connectivity index (χ1v) is 12.9. The number of thioether (sulfide) groups is 1. The number of nitrogens with one attached hydrogen (secondary N) is 2. The number of rotatable bonds is 8. The number of hydrogen-bond donors (Lipinski definition) is 2. The van der Waals surface area contributed by atoms with Gasteiger partial charge in [0.25, 0.3) is 5.91 Å². The van der Waals surface area contributed by atoms with Gasteiger partial charge in [-0.15, -0.1) is 11.8 Å². The van der Waals surface area contributed by atoms with Crippen molar-refractivity contribution in [3.63, 3.8) is 0 Å². The molecule has 3 aliphatic rings. The van der Waals surface area contributed by atoms with Crippen LogP contribution in [0.5, 0.6) is 0 Å². The summed E-state index contributed by atoms with van der Waals surface area (Å²) in [5, 5.41) is 6.36. The zero-order valence-electron chi connectivity index (χ0n) is 18.2. The maximum atomic E-state index is 13.0. The Labute approximate surface area is 185 Å². The van der Waals surface area contributed by atoms with Gasteiger partial charge in [-0.1, -0.05) is 37.8 Å². The van der Waals surface area contributed by atoms with Gasteiger partial charge < -0.3 is 10.6 Å². The second kappa shape index (κ2) is 10.2. The van der Waals surface area contributed by atoms with E-state index in [4.69, 9.17) is 0 Å². The topological polar surface area (TPSA) is 58.2 Å². The summed E-state index contributed by atoms with van der Waals surface area (Å²) in [7, 11) is 0. The van der Waals surface area contributed by atoms with Gasteiger partial charge in [0.1, 0.15) is 0 Å². The zero-order valence-corrected chi connectivity index (χ0v) is 19.0. The van der Waals surface area contributed by atoms with Gasteiger partial charge in [-0.05, 0) is 74.8 Å². The average molecular weight is 429 g/mol. The minimum atomic E-state index is -0.00372. The van der Waals surface area contributed by atoms with Crippen LogP contribution in [-0.2, 0) is 4.79 Å². The van der Waals surface area contributed by atoms with E-state index in [-0.39, 0.29) is 17.9 Å². The van der Waals surface area contributed by atoms with E-state index in [1.165, 1.54) is 69.5 Å². The Morgan fingerprint density at radius 1 is 1.07 bits per heavy atom. The van der Waals surface area contributed by atoms with Gasteiger partial charge in [-0.2, -0.15) is 0 Å². The van der Waals surface area contributed by atoms with E-state index in [1.54, 1.807) is 0 Å². The monoisotopic (exact) mass is 428 g/mol. The molecule has 2 bridgehead atoms. The van der Waals surface area contributed by atoms with E-state index >= 15 is 0 Å². The van der Waals surface area contributed by atoms with Gasteiger partial charge in [0, 0.05) is 17.5 Å². The number of carbonyl (C=O) groups is 2. The molecule has 1 aromatic carbocycles. The summed E-state index contributed by atoms with van der Waals surface area (Å²) >= 11 is 1.47. The van der Waals surface area contributed by atoms with Crippen LogP contribution in [-0.4, -0.2) is 30.2 Å². The Morgan fingerprint density at radius 2 is 1.87 bits per heavy atom. The zero-order chi connectivity index (χ0) is 20.9. The van der Waals surface area contributed by atoms with Crippen LogP contribution in [0.4, 0.5) is 0 Å². The fourth-order valence-corrected chi connectivity index (χ4v) is 6.80. The fraction of sp³-hybridized carbons (Fsp3) is 0.680. The van der Waals surface area contributed by atoms with Crippen molar-refractivity contribution in [2.75, 3.05) is 12.3 Å². The molecule has 0 aromatic heterocycles. The van der Waals surface area contributed by atoms with Crippen molar-refractivity contribution in [1.82, 2.24) is 10.6 Å². The van der Waals surface area contributed by atoms with Crippen LogP contribution in [0, 0.1) is 23.7 Å². The van der Waals surface area contributed by atoms with Crippen LogP contribution in [0.1, 0.15) is 75.1 Å². The minimum absolute atomic E-state index is 0.00372. The summed E-state index contributed by atoms with van der Waals surface area (Å²) < 4.78 is 0. The molecule has 0 aliphatic heterocycles. The predicted molar refractivity (Wildman–Crippen MR) is 123 cm³/mol. The SMILES string of the molecule is CC(NC(=O)c1ccccc1SCC(=O)NCC1CCCCC1)C1CC2CCC1C2. The summed E-state index contributed by atoms with van der Waals surface area (Å²) in [4.78, 5) is 26.2. The van der Waals surface area contributed by atoms with Crippen molar-refractivity contribution in [3.05, 3.63) is 29.8 Å². The van der Waals surface area contributed by atoms with Crippen LogP contribution in [0.25, 0.3) is 0 Å². The summed E-state index contributed by atoms with van der Waals surface area (Å²) in [5.41, 5.74) is 0.692. The molecular formula is C25H36N2O2S. The van der Waals surface area contributed by atoms with E-state index in [0.717, 1.165) is 23.3 Å². The van der Waals surface area contributed by atoms with Crippen molar-refractivity contribution in [1.29, 1.82) is 0 Å². The van der Waals surface area contributed by atoms with Crippen LogP contribution < -0.4 is 10.6 Å². The first-order valence-electron chi connectivity index (χ1n) is 11.9. The molecule has 2 amide bonds. The summed E-state index contributed by atoms with van der Waals surface area (Å²) in [6, 6.07) is 7.90. The van der Waals surface area contributed by atoms with Crippen molar-refractivity contribution >= 4 is 23.6 Å². The van der Waals surface area contributed by atoms with Gasteiger partial charge in [-0.25, -0.2) is 0 Å². The molecule has 3 fully saturated rings. The first-order chi connectivity index (χ1) is 14.6. The van der Waals surface area contributed by atoms with E-state index < -0.39 is 0 Å². The molecule has 3 aliphatic carbocycles. The standard InChI is InChI=1S/C25H36N2O2S/c1-17(22-14-19-11-12-20(22)13-19)27-25(29)21-9-5-6-10-23(21)30-16-24(28)26-15-18-7-3-2-4-8-18/h5-6,9-10,17-20,22H,2-4,7-8,11-16H2,1H3,(H,26,28)(H,27,29). The number of hydrogen-bond acceptors (Lipinski definition) is 3. The van der Waals surface area contributed by atoms with Crippen molar-refractivity contribution in [2.45, 2.75) is 75.6 Å². The Balaban J connectivity index is 1.27. The molecule has 4 nitrogen and oxygen atoms in total. The van der Waals surface area contributed by atoms with Gasteiger partial charge in [-0.3, -0.25) is 9.59 Å². The summed E-state index contributed by atoms with van der Waals surface area (Å²) in [6.45, 7) is 2.96. The Bertz CT molecular complexity index is 746. The maximum Gasteiger partial charge on any atom is 0.252 e. The molecule has 0 heterocycles. The third kappa shape index (κ3) is 5.40. The second-order valence-electron chi connectivity index (χ2n) is 9.69. The van der Waals surface area contributed by atoms with E-state index in [9.17, 15) is 9.59 Å². The van der Waals surface area contributed by atoms with Crippen LogP contribution in [0.2, 0.25) is 0 Å². The smallest absolute Gasteiger partial charge is 0.252 e. The lowest BCUT2D eigenvalue weighted by molar-refractivity contribution is -0.118. The van der Waals surface area contributed by atoms with Crippen molar-refractivity contribution < 1.29 is 9.59 Å². The highest BCUT2D eigenvalue weighted by molar-refractivity contribution is 8.00. The normalized spacial score (nSPS) is 27.0. The van der Waals surface area contributed by atoms with Gasteiger partial charge in [0.15, 0.2) is 0 Å². The lowest BCUT2D eigenvalue weighted by Gasteiger charge is -2.28. The molecule has 4 atom stereocenters. The predicted octanol–water partition coefficient (Wildman–Crippen LogP) is 5.03. The Kier molecular flexibility index (Phi) is 7.40. The van der Waals surface area contributed by atoms with E-state index in [0.29, 0.717) is 23.2 Å². The molecule has 3 saturated carbocycles. The molecule has 0 saturated heterocycles. The highest BCUT2D eigenvalue weighted by Gasteiger charge is 2.42. The van der Waals surface area contributed by atoms with E-state index in [2.05, 4.69) is 17.6 Å². The number of benzene rings is 1. The lowest BCUT2D eigenvalue weighted by Crippen LogP contribution is -2.40. The minimum Gasteiger partial charge on any atom is -0.355 e. The van der Waals surface area contributed by atoms with Crippen LogP contribution in [0.3, 0.4) is 0 Å². The number of amides is 2. The lowest BCUT2D eigenvalue weighted by atomic mass is 9.84. The van der Waals surface area contributed by atoms with Gasteiger partial charge >= 0.3 is 0 Å². The Morgan fingerprint density at radius 3 is 2.60 bits per heavy atom. The largest absolute Gasteiger partial charge is 0.355 e. The van der Waals surface area contributed by atoms with Gasteiger partial charge in [0.2, 0.25) is 5.91 Å². The van der Waals surface area contributed by atoms with Crippen LogP contribution in [0.15, 0.2) is 29.2 Å². The highest BCUT2D eigenvalue weighted by Crippen LogP contribution is 2.49. The summed E-state index contributed by atoms with van der Waals surface area (Å²) in [6.07, 6.45) is 11.7. The first kappa shape index (κ1) is 21.7. The fourth-order valence-electron chi connectivity index (χ4n) is 5.92. The number of carbonyl (C=O) groups excluding carboxylic acids is 2. The molecular weight excluding hydrogens is 392 g/mol. The molecule has 1 aromatic rings. The van der Waals surface area contributed by atoms with Gasteiger partial charge in [0.05, 0.1) is 11.3 Å². The molecule has 4 unspecified atom stereocenters. The number of fused-ring (bicyclic) bond motifs is 2. The van der Waals surface area contributed by atoms with E-state index in [1.807, 2.05) is 24.3 Å². The molecule has 30 heavy (non-hydrogen) atoms. The quantitative estimate of drug-likeness (QED) is 0.571. The third-order valence-corrected chi connectivity index (χ3v) is 8.67. The van der Waals surface area contributed by atoms with Crippen LogP contribution >= 0.6 is 11.8 Å². The highest BCUT2D eigenvalue weighted by atomic mass is 32.2. The molecule has 5 heteroatoms. The second-order valence-corrected chi connectivity index (χ2v) is 10.7. The third-order valence-electron chi connectivity index (χ3n) is 7.60. The average Bonchev–Trinajstić information content (AvgIpc) is 3.41. The Hall–Kier alpha value is -1.49. The maximum absolute atomic E-state index is 13.0. The van der Waals surface area contributed by atoms with Crippen molar-refractivity contribution in [3.8, 4) is 0 Å². The molecule has 164 valence electrons. The summed E-state index contributed by atoms with van der Waals surface area (Å²) in [5.74, 6) is 3.36. The molecule has 2 N–H and O–H groups in total. The molecule has 0 radical (unpaired) electrons. The molecule has 4 rings (SSSR count).